The van der Waals surface area contributed by atoms with Crippen molar-refractivity contribution >= 4 is 46.2 Å². The number of carbonyl (C=O) groups is 1. The van der Waals surface area contributed by atoms with Crippen LogP contribution in [0.25, 0.3) is 6.08 Å². The van der Waals surface area contributed by atoms with E-state index in [1.54, 1.807) is 19.1 Å². The molecule has 5 nitrogen and oxygen atoms in total. The van der Waals surface area contributed by atoms with E-state index in [9.17, 15) is 18.0 Å². The van der Waals surface area contributed by atoms with E-state index in [0.29, 0.717) is 9.45 Å². The molecule has 1 unspecified atom stereocenters. The van der Waals surface area contributed by atoms with Crippen LogP contribution in [-0.4, -0.2) is 28.3 Å². The van der Waals surface area contributed by atoms with E-state index >= 15 is 0 Å². The van der Waals surface area contributed by atoms with Gasteiger partial charge in [-0.15, -0.1) is 0 Å². The van der Waals surface area contributed by atoms with Gasteiger partial charge >= 0.3 is 12.1 Å². The van der Waals surface area contributed by atoms with Gasteiger partial charge in [-0.2, -0.15) is 13.2 Å². The Balaban J connectivity index is 2.02. The molecule has 1 N–H and O–H groups in total. The van der Waals surface area contributed by atoms with E-state index in [1.165, 1.54) is 12.1 Å². The van der Waals surface area contributed by atoms with E-state index < -0.39 is 23.8 Å². The Morgan fingerprint density at radius 3 is 2.63 bits per heavy atom. The molecule has 142 valence electrons. The van der Waals surface area contributed by atoms with Crippen LogP contribution in [0.3, 0.4) is 0 Å². The maximum Gasteiger partial charge on any atom is 0.430 e. The number of alkyl halides is 3. The SMILES string of the molecule is Cc1ccc(Oc2cc3c(cc2Cl)C=C(C(=O)O)C(C(F)(F)F)O3)c(I)n1. The van der Waals surface area contributed by atoms with Crippen molar-refractivity contribution in [3.05, 3.63) is 49.8 Å². The highest BCUT2D eigenvalue weighted by Gasteiger charge is 2.48. The molecule has 3 rings (SSSR count). The second-order valence-electron chi connectivity index (χ2n) is 5.61. The quantitative estimate of drug-likeness (QED) is 0.451. The van der Waals surface area contributed by atoms with Crippen LogP contribution >= 0.6 is 34.2 Å². The molecule has 27 heavy (non-hydrogen) atoms. The lowest BCUT2D eigenvalue weighted by atomic mass is 10.0. The van der Waals surface area contributed by atoms with Crippen molar-refractivity contribution in [3.63, 3.8) is 0 Å². The van der Waals surface area contributed by atoms with Gasteiger partial charge in [0.15, 0.2) is 5.75 Å². The minimum atomic E-state index is -4.89. The molecule has 1 atom stereocenters. The van der Waals surface area contributed by atoms with Gasteiger partial charge in [-0.05, 0) is 53.8 Å². The molecule has 0 spiro atoms. The largest absolute Gasteiger partial charge is 0.478 e. The zero-order chi connectivity index (χ0) is 19.9. The van der Waals surface area contributed by atoms with Gasteiger partial charge in [0.1, 0.15) is 15.2 Å². The summed E-state index contributed by atoms with van der Waals surface area (Å²) < 4.78 is 50.6. The van der Waals surface area contributed by atoms with Gasteiger partial charge in [-0.3, -0.25) is 0 Å². The Kier molecular flexibility index (Phi) is 5.26. The maximum atomic E-state index is 13.2. The van der Waals surface area contributed by atoms with Crippen molar-refractivity contribution < 1.29 is 32.5 Å². The van der Waals surface area contributed by atoms with Crippen molar-refractivity contribution in [3.8, 4) is 17.2 Å². The van der Waals surface area contributed by atoms with Crippen LogP contribution in [0.1, 0.15) is 11.3 Å². The van der Waals surface area contributed by atoms with Gasteiger partial charge in [0.05, 0.1) is 10.6 Å². The van der Waals surface area contributed by atoms with Crippen LogP contribution in [0, 0.1) is 10.6 Å². The fourth-order valence-electron chi connectivity index (χ4n) is 2.40. The van der Waals surface area contributed by atoms with Crippen molar-refractivity contribution in [2.45, 2.75) is 19.2 Å². The number of aryl methyl sites for hydroxylation is 1. The number of aliphatic carboxylic acids is 1. The Morgan fingerprint density at radius 2 is 2.04 bits per heavy atom. The van der Waals surface area contributed by atoms with E-state index in [0.717, 1.165) is 11.8 Å². The fourth-order valence-corrected chi connectivity index (χ4v) is 3.28. The summed E-state index contributed by atoms with van der Waals surface area (Å²) in [5, 5.41) is 9.14. The topological polar surface area (TPSA) is 68.7 Å². The van der Waals surface area contributed by atoms with Crippen LogP contribution in [0.5, 0.6) is 17.2 Å². The maximum absolute atomic E-state index is 13.2. The van der Waals surface area contributed by atoms with Gasteiger partial charge in [-0.1, -0.05) is 11.6 Å². The molecule has 1 aliphatic heterocycles. The van der Waals surface area contributed by atoms with Crippen molar-refractivity contribution in [1.29, 1.82) is 0 Å². The average molecular weight is 512 g/mol. The summed E-state index contributed by atoms with van der Waals surface area (Å²) >= 11 is 8.10. The third kappa shape index (κ3) is 4.13. The number of carboxylic acids is 1. The number of hydrogen-bond donors (Lipinski definition) is 1. The molecule has 0 amide bonds. The van der Waals surface area contributed by atoms with Crippen molar-refractivity contribution in [1.82, 2.24) is 4.98 Å². The third-order valence-electron chi connectivity index (χ3n) is 3.62. The van der Waals surface area contributed by atoms with Gasteiger partial charge in [0.2, 0.25) is 6.10 Å². The van der Waals surface area contributed by atoms with Gasteiger partial charge < -0.3 is 14.6 Å². The molecular weight excluding hydrogens is 502 g/mol. The molecule has 1 aliphatic rings. The molecule has 1 aromatic heterocycles. The summed E-state index contributed by atoms with van der Waals surface area (Å²) in [7, 11) is 0. The molecule has 2 heterocycles. The van der Waals surface area contributed by atoms with E-state index in [2.05, 4.69) is 4.98 Å². The summed E-state index contributed by atoms with van der Waals surface area (Å²) in [5.74, 6) is -1.48. The number of aromatic nitrogens is 1. The van der Waals surface area contributed by atoms with Crippen molar-refractivity contribution in [2.24, 2.45) is 0 Å². The standard InChI is InChI=1S/C17H10ClF3INO4/c1-7-2-3-11(15(22)23-7)26-13-6-12-8(5-10(13)18)4-9(16(24)25)14(27-12)17(19,20)21/h2-6,14H,1H3,(H,24,25). The molecule has 0 aliphatic carbocycles. The van der Waals surface area contributed by atoms with Crippen LogP contribution in [0.4, 0.5) is 13.2 Å². The molecule has 0 bridgehead atoms. The van der Waals surface area contributed by atoms with Gasteiger partial charge in [0, 0.05) is 17.3 Å². The van der Waals surface area contributed by atoms with Crippen LogP contribution in [0.2, 0.25) is 5.02 Å². The Bertz CT molecular complexity index is 962. The number of halogens is 5. The zero-order valence-electron chi connectivity index (χ0n) is 13.5. The Morgan fingerprint density at radius 1 is 1.33 bits per heavy atom. The number of benzene rings is 1. The first-order valence-electron chi connectivity index (χ1n) is 7.39. The predicted molar refractivity (Wildman–Crippen MR) is 99.3 cm³/mol. The zero-order valence-corrected chi connectivity index (χ0v) is 16.4. The lowest BCUT2D eigenvalue weighted by Crippen LogP contribution is -2.40. The number of ether oxygens (including phenoxy) is 2. The Labute approximate surface area is 169 Å². The minimum absolute atomic E-state index is 0.0621. The second-order valence-corrected chi connectivity index (χ2v) is 7.04. The van der Waals surface area contributed by atoms with Crippen molar-refractivity contribution in [2.75, 3.05) is 0 Å². The fraction of sp³-hybridized carbons (Fsp3) is 0.176. The predicted octanol–water partition coefficient (Wildman–Crippen LogP) is 5.23. The van der Waals surface area contributed by atoms with E-state index in [4.69, 9.17) is 26.2 Å². The molecule has 10 heteroatoms. The van der Waals surface area contributed by atoms with Gasteiger partial charge in [-0.25, -0.2) is 9.78 Å². The number of hydrogen-bond acceptors (Lipinski definition) is 4. The van der Waals surface area contributed by atoms with E-state index in [1.807, 2.05) is 22.6 Å². The summed E-state index contributed by atoms with van der Waals surface area (Å²) in [6, 6.07) is 5.85. The minimum Gasteiger partial charge on any atom is -0.478 e. The van der Waals surface area contributed by atoms with Crippen LogP contribution in [0.15, 0.2) is 29.8 Å². The summed E-state index contributed by atoms with van der Waals surface area (Å²) in [6.45, 7) is 1.80. The molecule has 2 aromatic rings. The normalized spacial score (nSPS) is 16.2. The molecule has 0 saturated heterocycles. The molecule has 0 radical (unpaired) electrons. The first-order valence-corrected chi connectivity index (χ1v) is 8.84. The third-order valence-corrected chi connectivity index (χ3v) is 4.69. The highest BCUT2D eigenvalue weighted by Crippen LogP contribution is 2.42. The average Bonchev–Trinajstić information content (AvgIpc) is 2.55. The van der Waals surface area contributed by atoms with Crippen LogP contribution in [-0.2, 0) is 4.79 Å². The highest BCUT2D eigenvalue weighted by molar-refractivity contribution is 14.1. The Hall–Kier alpha value is -2.01. The molecule has 0 saturated carbocycles. The number of nitrogens with zero attached hydrogens (tertiary/aromatic N) is 1. The first kappa shape index (κ1) is 19.7. The molecule has 0 fully saturated rings. The number of pyridine rings is 1. The monoisotopic (exact) mass is 511 g/mol. The number of rotatable bonds is 3. The number of fused-ring (bicyclic) bond motifs is 1. The first-order chi connectivity index (χ1) is 12.6. The summed E-state index contributed by atoms with van der Waals surface area (Å²) in [4.78, 5) is 15.4. The highest BCUT2D eigenvalue weighted by atomic mass is 127. The van der Waals surface area contributed by atoms with Gasteiger partial charge in [0.25, 0.3) is 0 Å². The number of carboxylic acid groups (broad SMARTS) is 1. The lowest BCUT2D eigenvalue weighted by Gasteiger charge is -2.27. The molecule has 1 aromatic carbocycles. The molecular formula is C17H10ClF3INO4. The van der Waals surface area contributed by atoms with E-state index in [-0.39, 0.29) is 22.1 Å². The summed E-state index contributed by atoms with van der Waals surface area (Å²) in [5.41, 5.74) is -0.0371. The lowest BCUT2D eigenvalue weighted by molar-refractivity contribution is -0.187. The smallest absolute Gasteiger partial charge is 0.430 e. The summed E-state index contributed by atoms with van der Waals surface area (Å²) in [6.07, 6.45) is -6.58. The second kappa shape index (κ2) is 7.19. The van der Waals surface area contributed by atoms with Crippen LogP contribution < -0.4 is 9.47 Å².